The van der Waals surface area contributed by atoms with Crippen molar-refractivity contribution >= 4 is 17.1 Å². The second-order valence-electron chi connectivity index (χ2n) is 6.76. The predicted molar refractivity (Wildman–Crippen MR) is 109 cm³/mol. The first-order chi connectivity index (χ1) is 12.6. The third-order valence-corrected chi connectivity index (χ3v) is 4.65. The van der Waals surface area contributed by atoms with Gasteiger partial charge in [-0.2, -0.15) is 5.26 Å². The molecular weight excluding hydrogens is 316 g/mol. The predicted octanol–water partition coefficient (Wildman–Crippen LogP) is 6.71. The van der Waals surface area contributed by atoms with Gasteiger partial charge >= 0.3 is 0 Å². The molecule has 0 bridgehead atoms. The molecule has 0 aromatic heterocycles. The number of nitrogens with zero attached hydrogens (tertiary/aromatic N) is 2. The highest BCUT2D eigenvalue weighted by atomic mass is 15.1. The zero-order valence-electron chi connectivity index (χ0n) is 15.6. The van der Waals surface area contributed by atoms with E-state index >= 15 is 0 Å². The van der Waals surface area contributed by atoms with E-state index in [-0.39, 0.29) is 0 Å². The number of rotatable bonds is 5. The Morgan fingerprint density at radius 3 is 2.00 bits per heavy atom. The van der Waals surface area contributed by atoms with E-state index in [9.17, 15) is 5.26 Å². The molecule has 0 saturated carbocycles. The maximum atomic E-state index is 9.28. The second-order valence-corrected chi connectivity index (χ2v) is 6.76. The average molecular weight is 340 g/mol. The number of aryl methyl sites for hydroxylation is 1. The maximum absolute atomic E-state index is 9.28. The van der Waals surface area contributed by atoms with Crippen LogP contribution in [0.5, 0.6) is 0 Å². The van der Waals surface area contributed by atoms with E-state index in [2.05, 4.69) is 80.3 Å². The number of anilines is 3. The van der Waals surface area contributed by atoms with E-state index in [0.717, 1.165) is 23.5 Å². The van der Waals surface area contributed by atoms with Gasteiger partial charge in [-0.15, -0.1) is 0 Å². The minimum absolute atomic E-state index is 0.503. The summed E-state index contributed by atoms with van der Waals surface area (Å²) in [7, 11) is 0. The molecule has 0 spiro atoms. The molecule has 3 rings (SSSR count). The largest absolute Gasteiger partial charge is 0.310 e. The van der Waals surface area contributed by atoms with E-state index in [0.29, 0.717) is 11.5 Å². The molecule has 0 atom stereocenters. The van der Waals surface area contributed by atoms with E-state index in [1.807, 2.05) is 24.3 Å². The van der Waals surface area contributed by atoms with Crippen molar-refractivity contribution in [3.05, 3.63) is 89.5 Å². The Morgan fingerprint density at radius 1 is 0.846 bits per heavy atom. The minimum Gasteiger partial charge on any atom is -0.310 e. The molecule has 0 saturated heterocycles. The summed E-state index contributed by atoms with van der Waals surface area (Å²) in [6, 6.07) is 27.3. The Balaban J connectivity index is 2.09. The van der Waals surface area contributed by atoms with E-state index in [4.69, 9.17) is 0 Å². The Morgan fingerprint density at radius 2 is 1.46 bits per heavy atom. The molecule has 0 fully saturated rings. The smallest absolute Gasteiger partial charge is 0.0992 e. The van der Waals surface area contributed by atoms with E-state index < -0.39 is 0 Å². The molecule has 3 aromatic carbocycles. The zero-order chi connectivity index (χ0) is 18.5. The molecule has 0 radical (unpaired) electrons. The van der Waals surface area contributed by atoms with Crippen molar-refractivity contribution in [3.8, 4) is 6.07 Å². The van der Waals surface area contributed by atoms with Crippen molar-refractivity contribution < 1.29 is 0 Å². The third-order valence-electron chi connectivity index (χ3n) is 4.65. The summed E-state index contributed by atoms with van der Waals surface area (Å²) in [5.74, 6) is 0.503. The Labute approximate surface area is 156 Å². The first kappa shape index (κ1) is 17.8. The first-order valence-electron chi connectivity index (χ1n) is 9.11. The first-order valence-corrected chi connectivity index (χ1v) is 9.11. The van der Waals surface area contributed by atoms with Gasteiger partial charge in [-0.05, 0) is 65.9 Å². The number of nitriles is 1. The van der Waals surface area contributed by atoms with Gasteiger partial charge in [0.2, 0.25) is 0 Å². The fraction of sp³-hybridized carbons (Fsp3) is 0.208. The van der Waals surface area contributed by atoms with Crippen LogP contribution in [0.2, 0.25) is 0 Å². The molecule has 2 heteroatoms. The second kappa shape index (κ2) is 7.89. The van der Waals surface area contributed by atoms with Crippen molar-refractivity contribution in [2.24, 2.45) is 0 Å². The Bertz CT molecular complexity index is 900. The molecule has 26 heavy (non-hydrogen) atoms. The zero-order valence-corrected chi connectivity index (χ0v) is 15.6. The summed E-state index contributed by atoms with van der Waals surface area (Å²) in [6.45, 7) is 6.56. The fourth-order valence-corrected chi connectivity index (χ4v) is 3.05. The van der Waals surface area contributed by atoms with Crippen LogP contribution in [0.1, 0.15) is 43.4 Å². The lowest BCUT2D eigenvalue weighted by atomic mass is 10.0. The van der Waals surface area contributed by atoms with Crippen molar-refractivity contribution in [2.45, 2.75) is 33.1 Å². The third kappa shape index (κ3) is 3.78. The van der Waals surface area contributed by atoms with Gasteiger partial charge in [0.25, 0.3) is 0 Å². The average Bonchev–Trinajstić information content (AvgIpc) is 2.69. The Kier molecular flexibility index (Phi) is 5.39. The van der Waals surface area contributed by atoms with Gasteiger partial charge in [0, 0.05) is 17.1 Å². The van der Waals surface area contributed by atoms with Crippen molar-refractivity contribution in [2.75, 3.05) is 4.90 Å². The molecule has 130 valence electrons. The molecule has 0 aliphatic carbocycles. The van der Waals surface area contributed by atoms with E-state index in [1.54, 1.807) is 0 Å². The lowest BCUT2D eigenvalue weighted by Crippen LogP contribution is -2.10. The molecule has 3 aromatic rings. The number of hydrogen-bond acceptors (Lipinski definition) is 2. The minimum atomic E-state index is 0.503. The quantitative estimate of drug-likeness (QED) is 0.516. The highest BCUT2D eigenvalue weighted by Gasteiger charge is 2.13. The maximum Gasteiger partial charge on any atom is 0.0992 e. The summed E-state index contributed by atoms with van der Waals surface area (Å²) in [4.78, 5) is 2.20. The molecule has 0 aliphatic rings. The number of hydrogen-bond donors (Lipinski definition) is 0. The topological polar surface area (TPSA) is 27.0 Å². The summed E-state index contributed by atoms with van der Waals surface area (Å²) in [5.41, 5.74) is 6.47. The number of benzene rings is 3. The highest BCUT2D eigenvalue weighted by Crippen LogP contribution is 2.35. The molecule has 0 aliphatic heterocycles. The van der Waals surface area contributed by atoms with Crippen LogP contribution in [0.3, 0.4) is 0 Å². The van der Waals surface area contributed by atoms with Gasteiger partial charge < -0.3 is 4.90 Å². The molecule has 2 nitrogen and oxygen atoms in total. The molecule has 0 amide bonds. The van der Waals surface area contributed by atoms with Gasteiger partial charge in [-0.1, -0.05) is 51.1 Å². The van der Waals surface area contributed by atoms with Crippen LogP contribution in [0.15, 0.2) is 72.8 Å². The molecular formula is C24H24N2. The lowest BCUT2D eigenvalue weighted by Gasteiger charge is -2.26. The van der Waals surface area contributed by atoms with Crippen molar-refractivity contribution in [3.63, 3.8) is 0 Å². The van der Waals surface area contributed by atoms with Gasteiger partial charge in [0.05, 0.1) is 11.6 Å². The van der Waals surface area contributed by atoms with Crippen LogP contribution < -0.4 is 4.90 Å². The van der Waals surface area contributed by atoms with Gasteiger partial charge in [-0.3, -0.25) is 0 Å². The monoisotopic (exact) mass is 340 g/mol. The van der Waals surface area contributed by atoms with Crippen LogP contribution >= 0.6 is 0 Å². The van der Waals surface area contributed by atoms with E-state index in [1.165, 1.54) is 11.1 Å². The summed E-state index contributed by atoms with van der Waals surface area (Å²) >= 11 is 0. The molecule has 0 heterocycles. The van der Waals surface area contributed by atoms with Gasteiger partial charge in [0.15, 0.2) is 0 Å². The Hall–Kier alpha value is -3.05. The summed E-state index contributed by atoms with van der Waals surface area (Å²) in [5, 5.41) is 9.28. The van der Waals surface area contributed by atoms with Crippen LogP contribution in [-0.4, -0.2) is 0 Å². The van der Waals surface area contributed by atoms with Crippen molar-refractivity contribution in [1.82, 2.24) is 0 Å². The molecule has 0 unspecified atom stereocenters. The van der Waals surface area contributed by atoms with Crippen LogP contribution in [-0.2, 0) is 6.42 Å². The SMILES string of the molecule is CCc1ccc(N(c2ccc(C(C)C)cc2)c2cccc(C#N)c2)cc1. The summed E-state index contributed by atoms with van der Waals surface area (Å²) < 4.78 is 0. The standard InChI is InChI=1S/C24H24N2/c1-4-19-8-12-22(13-9-19)26(24-7-5-6-20(16-24)17-25)23-14-10-21(11-15-23)18(2)3/h5-16,18H,4H2,1-3H3. The van der Waals surface area contributed by atoms with Crippen molar-refractivity contribution in [1.29, 1.82) is 5.26 Å². The van der Waals surface area contributed by atoms with Gasteiger partial charge in [0.1, 0.15) is 0 Å². The van der Waals surface area contributed by atoms with Crippen LogP contribution in [0.4, 0.5) is 17.1 Å². The lowest BCUT2D eigenvalue weighted by molar-refractivity contribution is 0.866. The molecule has 0 N–H and O–H groups in total. The van der Waals surface area contributed by atoms with Gasteiger partial charge in [-0.25, -0.2) is 0 Å². The summed E-state index contributed by atoms with van der Waals surface area (Å²) in [6.07, 6.45) is 1.02. The van der Waals surface area contributed by atoms with Crippen LogP contribution in [0.25, 0.3) is 0 Å². The fourth-order valence-electron chi connectivity index (χ4n) is 3.05. The highest BCUT2D eigenvalue weighted by molar-refractivity contribution is 5.77. The normalized spacial score (nSPS) is 10.6. The van der Waals surface area contributed by atoms with Crippen LogP contribution in [0, 0.1) is 11.3 Å².